The quantitative estimate of drug-likeness (QED) is 0.661. The highest BCUT2D eigenvalue weighted by Gasteiger charge is 2.38. The Morgan fingerprint density at radius 1 is 1.50 bits per heavy atom. The molecule has 0 saturated carbocycles. The van der Waals surface area contributed by atoms with Crippen molar-refractivity contribution in [2.75, 3.05) is 0 Å². The van der Waals surface area contributed by atoms with Crippen molar-refractivity contribution in [1.29, 1.82) is 0 Å². The van der Waals surface area contributed by atoms with E-state index in [-0.39, 0.29) is 5.82 Å². The van der Waals surface area contributed by atoms with Crippen LogP contribution in [0.3, 0.4) is 0 Å². The summed E-state index contributed by atoms with van der Waals surface area (Å²) in [7, 11) is 0. The topological polar surface area (TPSA) is 38.9 Å². The summed E-state index contributed by atoms with van der Waals surface area (Å²) in [4.78, 5) is 3.08. The van der Waals surface area contributed by atoms with Gasteiger partial charge in [-0.2, -0.15) is 18.2 Å². The highest BCUT2D eigenvalue weighted by molar-refractivity contribution is 5.53. The molecular formula is C6H5F3N2O. The molecule has 0 aromatic carbocycles. The van der Waals surface area contributed by atoms with E-state index < -0.39 is 12.1 Å². The van der Waals surface area contributed by atoms with Crippen LogP contribution in [0.1, 0.15) is 18.6 Å². The second kappa shape index (κ2) is 2.62. The Labute approximate surface area is 65.9 Å². The van der Waals surface area contributed by atoms with E-state index in [1.165, 1.54) is 6.92 Å². The van der Waals surface area contributed by atoms with E-state index in [1.54, 1.807) is 0 Å². The molecule has 0 saturated heterocycles. The highest BCUT2D eigenvalue weighted by atomic mass is 19.4. The van der Waals surface area contributed by atoms with Gasteiger partial charge in [-0.1, -0.05) is 11.7 Å². The summed E-state index contributed by atoms with van der Waals surface area (Å²) >= 11 is 0. The molecule has 0 aliphatic carbocycles. The van der Waals surface area contributed by atoms with Gasteiger partial charge in [0.25, 0.3) is 0 Å². The standard InChI is InChI=1S/C6H5F3N2O/c1-3(2)4-10-5(12-11-4)6(7,8)9/h1H2,2H3. The first-order valence-corrected chi connectivity index (χ1v) is 2.98. The maximum absolute atomic E-state index is 11.8. The van der Waals surface area contributed by atoms with Crippen LogP contribution in [-0.4, -0.2) is 10.1 Å². The van der Waals surface area contributed by atoms with Crippen molar-refractivity contribution < 1.29 is 17.7 Å². The van der Waals surface area contributed by atoms with Gasteiger partial charge >= 0.3 is 12.1 Å². The van der Waals surface area contributed by atoms with Gasteiger partial charge < -0.3 is 4.52 Å². The smallest absolute Gasteiger partial charge is 0.329 e. The van der Waals surface area contributed by atoms with Gasteiger partial charge in [0.2, 0.25) is 0 Å². The average Bonchev–Trinajstić information content (AvgIpc) is 2.30. The van der Waals surface area contributed by atoms with E-state index in [2.05, 4.69) is 21.2 Å². The summed E-state index contributed by atoms with van der Waals surface area (Å²) in [5.74, 6) is -1.47. The number of aromatic nitrogens is 2. The fourth-order valence-electron chi connectivity index (χ4n) is 0.512. The first-order valence-electron chi connectivity index (χ1n) is 2.98. The van der Waals surface area contributed by atoms with E-state index in [0.29, 0.717) is 5.57 Å². The zero-order valence-electron chi connectivity index (χ0n) is 6.14. The van der Waals surface area contributed by atoms with Crippen LogP contribution < -0.4 is 0 Å². The summed E-state index contributed by atoms with van der Waals surface area (Å²) in [6.07, 6.45) is -4.58. The second-order valence-electron chi connectivity index (χ2n) is 2.20. The maximum atomic E-state index is 11.8. The van der Waals surface area contributed by atoms with Crippen molar-refractivity contribution in [2.24, 2.45) is 0 Å². The van der Waals surface area contributed by atoms with Crippen LogP contribution in [0, 0.1) is 0 Å². The molecule has 6 heteroatoms. The van der Waals surface area contributed by atoms with Crippen molar-refractivity contribution in [1.82, 2.24) is 10.1 Å². The second-order valence-corrected chi connectivity index (χ2v) is 2.20. The number of hydrogen-bond donors (Lipinski definition) is 0. The third-order valence-electron chi connectivity index (χ3n) is 1.05. The first kappa shape index (κ1) is 8.76. The number of alkyl halides is 3. The zero-order chi connectivity index (χ0) is 9.35. The third-order valence-corrected chi connectivity index (χ3v) is 1.05. The van der Waals surface area contributed by atoms with Crippen LogP contribution in [0.5, 0.6) is 0 Å². The summed E-state index contributed by atoms with van der Waals surface area (Å²) in [5, 5.41) is 3.08. The molecule has 0 aliphatic rings. The molecule has 1 aromatic rings. The van der Waals surface area contributed by atoms with Crippen LogP contribution in [0.4, 0.5) is 13.2 Å². The Bertz CT molecular complexity index is 302. The Kier molecular flexibility index (Phi) is 1.91. The zero-order valence-corrected chi connectivity index (χ0v) is 6.14. The van der Waals surface area contributed by atoms with Gasteiger partial charge in [0.15, 0.2) is 5.82 Å². The van der Waals surface area contributed by atoms with E-state index in [0.717, 1.165) is 0 Å². The van der Waals surface area contributed by atoms with Gasteiger partial charge in [0.05, 0.1) is 0 Å². The van der Waals surface area contributed by atoms with Crippen LogP contribution in [-0.2, 0) is 6.18 Å². The van der Waals surface area contributed by atoms with Crippen molar-refractivity contribution in [3.05, 3.63) is 18.3 Å². The molecular weight excluding hydrogens is 173 g/mol. The molecule has 0 unspecified atom stereocenters. The molecule has 1 aromatic heterocycles. The molecule has 0 radical (unpaired) electrons. The van der Waals surface area contributed by atoms with Crippen LogP contribution >= 0.6 is 0 Å². The SMILES string of the molecule is C=C(C)c1noc(C(F)(F)F)n1. The van der Waals surface area contributed by atoms with Crippen molar-refractivity contribution in [3.63, 3.8) is 0 Å². The Morgan fingerprint density at radius 2 is 2.08 bits per heavy atom. The Hall–Kier alpha value is -1.33. The number of nitrogens with zero attached hydrogens (tertiary/aromatic N) is 2. The van der Waals surface area contributed by atoms with E-state index in [1.807, 2.05) is 0 Å². The van der Waals surface area contributed by atoms with Gasteiger partial charge in [-0.3, -0.25) is 0 Å². The fraction of sp³-hybridized carbons (Fsp3) is 0.333. The summed E-state index contributed by atoms with van der Waals surface area (Å²) in [5.41, 5.74) is 0.328. The van der Waals surface area contributed by atoms with Crippen LogP contribution in [0.15, 0.2) is 11.1 Å². The Morgan fingerprint density at radius 3 is 2.33 bits per heavy atom. The molecule has 0 bridgehead atoms. The number of rotatable bonds is 1. The predicted octanol–water partition coefficient (Wildman–Crippen LogP) is 2.12. The van der Waals surface area contributed by atoms with Crippen LogP contribution in [0.2, 0.25) is 0 Å². The van der Waals surface area contributed by atoms with Gasteiger partial charge in [-0.05, 0) is 12.5 Å². The van der Waals surface area contributed by atoms with Crippen molar-refractivity contribution in [2.45, 2.75) is 13.1 Å². The molecule has 0 atom stereocenters. The molecule has 0 N–H and O–H groups in total. The minimum Gasteiger partial charge on any atom is -0.329 e. The largest absolute Gasteiger partial charge is 0.471 e. The lowest BCUT2D eigenvalue weighted by atomic mass is 10.3. The van der Waals surface area contributed by atoms with Crippen molar-refractivity contribution >= 4 is 5.57 Å². The molecule has 0 fully saturated rings. The van der Waals surface area contributed by atoms with Gasteiger partial charge in [-0.25, -0.2) is 0 Å². The molecule has 0 amide bonds. The van der Waals surface area contributed by atoms with Gasteiger partial charge in [-0.15, -0.1) is 0 Å². The molecule has 12 heavy (non-hydrogen) atoms. The van der Waals surface area contributed by atoms with Crippen LogP contribution in [0.25, 0.3) is 5.57 Å². The van der Waals surface area contributed by atoms with Gasteiger partial charge in [0.1, 0.15) is 0 Å². The third kappa shape index (κ3) is 1.63. The summed E-state index contributed by atoms with van der Waals surface area (Å²) in [6.45, 7) is 4.86. The Balaban J connectivity index is 3.00. The summed E-state index contributed by atoms with van der Waals surface area (Å²) in [6, 6.07) is 0. The molecule has 3 nitrogen and oxygen atoms in total. The fourth-order valence-corrected chi connectivity index (χ4v) is 0.512. The lowest BCUT2D eigenvalue weighted by molar-refractivity contribution is -0.159. The minimum absolute atomic E-state index is 0.123. The maximum Gasteiger partial charge on any atom is 0.471 e. The van der Waals surface area contributed by atoms with E-state index >= 15 is 0 Å². The average molecular weight is 178 g/mol. The lowest BCUT2D eigenvalue weighted by Crippen LogP contribution is -2.04. The van der Waals surface area contributed by atoms with E-state index in [9.17, 15) is 13.2 Å². The molecule has 1 heterocycles. The van der Waals surface area contributed by atoms with E-state index in [4.69, 9.17) is 0 Å². The monoisotopic (exact) mass is 178 g/mol. The summed E-state index contributed by atoms with van der Waals surface area (Å²) < 4.78 is 39.5. The lowest BCUT2D eigenvalue weighted by Gasteiger charge is -1.95. The minimum atomic E-state index is -4.58. The number of allylic oxidation sites excluding steroid dienone is 1. The predicted molar refractivity (Wildman–Crippen MR) is 34.0 cm³/mol. The number of hydrogen-bond acceptors (Lipinski definition) is 3. The molecule has 1 rings (SSSR count). The highest BCUT2D eigenvalue weighted by Crippen LogP contribution is 2.27. The first-order chi connectivity index (χ1) is 5.41. The van der Waals surface area contributed by atoms with Gasteiger partial charge in [0, 0.05) is 0 Å². The molecule has 0 spiro atoms. The number of halogens is 3. The normalized spacial score (nSPS) is 11.7. The molecule has 66 valence electrons. The van der Waals surface area contributed by atoms with Crippen molar-refractivity contribution in [3.8, 4) is 0 Å². The molecule has 0 aliphatic heterocycles.